The molecular formula is C20H31N3O3. The van der Waals surface area contributed by atoms with E-state index in [1.807, 2.05) is 81.9 Å². The number of hydrogen-bond donors (Lipinski definition) is 0. The van der Waals surface area contributed by atoms with Crippen LogP contribution in [0.15, 0.2) is 30.3 Å². The van der Waals surface area contributed by atoms with Crippen LogP contribution in [0, 0.1) is 0 Å². The highest BCUT2D eigenvalue weighted by molar-refractivity contribution is 5.83. The van der Waals surface area contributed by atoms with Crippen LogP contribution in [0.5, 0.6) is 0 Å². The van der Waals surface area contributed by atoms with E-state index in [4.69, 9.17) is 4.74 Å². The zero-order valence-corrected chi connectivity index (χ0v) is 16.7. The second kappa shape index (κ2) is 8.08. The zero-order valence-electron chi connectivity index (χ0n) is 16.7. The summed E-state index contributed by atoms with van der Waals surface area (Å²) in [6, 6.07) is 9.39. The van der Waals surface area contributed by atoms with Gasteiger partial charge < -0.3 is 14.5 Å². The normalized spacial score (nSPS) is 19.4. The van der Waals surface area contributed by atoms with Gasteiger partial charge in [0.2, 0.25) is 5.91 Å². The number of rotatable bonds is 3. The van der Waals surface area contributed by atoms with Crippen molar-refractivity contribution in [3.05, 3.63) is 35.9 Å². The lowest BCUT2D eigenvalue weighted by atomic mass is 10.0. The highest BCUT2D eigenvalue weighted by atomic mass is 16.6. The first-order chi connectivity index (χ1) is 12.1. The molecule has 6 heteroatoms. The molecule has 1 aromatic rings. The molecule has 6 nitrogen and oxygen atoms in total. The maximum Gasteiger partial charge on any atom is 0.410 e. The molecule has 1 unspecified atom stereocenters. The van der Waals surface area contributed by atoms with Gasteiger partial charge in [-0.2, -0.15) is 0 Å². The number of benzene rings is 1. The first-order valence-electron chi connectivity index (χ1n) is 9.10. The van der Waals surface area contributed by atoms with Crippen molar-refractivity contribution in [2.24, 2.45) is 0 Å². The minimum atomic E-state index is -0.521. The van der Waals surface area contributed by atoms with Crippen molar-refractivity contribution in [2.75, 3.05) is 33.7 Å². The number of carbonyl (C=O) groups excluding carboxylic acids is 2. The lowest BCUT2D eigenvalue weighted by molar-refractivity contribution is -0.139. The van der Waals surface area contributed by atoms with Gasteiger partial charge in [-0.3, -0.25) is 9.69 Å². The largest absolute Gasteiger partial charge is 0.444 e. The average Bonchev–Trinajstić information content (AvgIpc) is 2.53. The fourth-order valence-corrected chi connectivity index (χ4v) is 3.22. The molecule has 1 saturated heterocycles. The maximum atomic E-state index is 13.1. The Kier molecular flexibility index (Phi) is 6.29. The lowest BCUT2D eigenvalue weighted by Crippen LogP contribution is -2.57. The topological polar surface area (TPSA) is 53.1 Å². The molecule has 0 spiro atoms. The van der Waals surface area contributed by atoms with E-state index in [2.05, 4.69) is 0 Å². The zero-order chi connectivity index (χ0) is 19.5. The molecule has 0 aromatic heterocycles. The van der Waals surface area contributed by atoms with Gasteiger partial charge in [-0.1, -0.05) is 30.3 Å². The van der Waals surface area contributed by atoms with Crippen molar-refractivity contribution in [3.63, 3.8) is 0 Å². The molecule has 1 aromatic carbocycles. The summed E-state index contributed by atoms with van der Waals surface area (Å²) < 4.78 is 5.47. The number of ether oxygens (including phenoxy) is 1. The highest BCUT2D eigenvalue weighted by Crippen LogP contribution is 2.23. The molecule has 2 rings (SSSR count). The molecule has 2 amide bonds. The number of hydrogen-bond acceptors (Lipinski definition) is 4. The van der Waals surface area contributed by atoms with Gasteiger partial charge in [0.05, 0.1) is 0 Å². The van der Waals surface area contributed by atoms with Crippen molar-refractivity contribution >= 4 is 12.0 Å². The Morgan fingerprint density at radius 2 is 1.77 bits per heavy atom. The summed E-state index contributed by atoms with van der Waals surface area (Å²) in [6.45, 7) is 9.03. The van der Waals surface area contributed by atoms with Gasteiger partial charge in [0.25, 0.3) is 0 Å². The summed E-state index contributed by atoms with van der Waals surface area (Å²) in [5, 5.41) is 0. The van der Waals surface area contributed by atoms with Gasteiger partial charge in [-0.25, -0.2) is 4.79 Å². The quantitative estimate of drug-likeness (QED) is 0.831. The van der Waals surface area contributed by atoms with E-state index in [1.165, 1.54) is 0 Å². The van der Waals surface area contributed by atoms with Crippen LogP contribution in [-0.2, 0) is 9.53 Å². The molecule has 0 saturated carbocycles. The molecule has 1 heterocycles. The Bertz CT molecular complexity index is 625. The fraction of sp³-hybridized carbons (Fsp3) is 0.600. The van der Waals surface area contributed by atoms with E-state index in [9.17, 15) is 9.59 Å². The minimum absolute atomic E-state index is 0.0666. The second-order valence-corrected chi connectivity index (χ2v) is 8.08. The van der Waals surface area contributed by atoms with Crippen LogP contribution >= 0.6 is 0 Å². The van der Waals surface area contributed by atoms with E-state index in [0.29, 0.717) is 19.6 Å². The first kappa shape index (κ1) is 20.2. The van der Waals surface area contributed by atoms with Crippen LogP contribution in [-0.4, -0.2) is 72.1 Å². The summed E-state index contributed by atoms with van der Waals surface area (Å²) in [7, 11) is 3.83. The Hall–Kier alpha value is -2.08. The van der Waals surface area contributed by atoms with Crippen molar-refractivity contribution in [1.82, 2.24) is 14.7 Å². The molecule has 0 aliphatic carbocycles. The third kappa shape index (κ3) is 4.97. The third-order valence-electron chi connectivity index (χ3n) is 4.43. The van der Waals surface area contributed by atoms with Crippen LogP contribution < -0.4 is 0 Å². The SMILES string of the molecule is C[C@@H]1CN(C(=O)C(c2ccccc2)N(C)C)CCN1C(=O)OC(C)(C)C. The maximum absolute atomic E-state index is 13.1. The predicted molar refractivity (Wildman–Crippen MR) is 102 cm³/mol. The van der Waals surface area contributed by atoms with E-state index < -0.39 is 5.60 Å². The van der Waals surface area contributed by atoms with Crippen LogP contribution in [0.1, 0.15) is 39.3 Å². The summed E-state index contributed by atoms with van der Waals surface area (Å²) in [5.41, 5.74) is 0.456. The monoisotopic (exact) mass is 361 g/mol. The molecule has 1 aliphatic heterocycles. The van der Waals surface area contributed by atoms with Crippen molar-refractivity contribution in [3.8, 4) is 0 Å². The molecule has 1 fully saturated rings. The third-order valence-corrected chi connectivity index (χ3v) is 4.43. The number of piperazine rings is 1. The molecule has 0 N–H and O–H groups in total. The predicted octanol–water partition coefficient (Wildman–Crippen LogP) is 2.76. The van der Waals surface area contributed by atoms with Crippen molar-refractivity contribution in [2.45, 2.75) is 45.4 Å². The lowest BCUT2D eigenvalue weighted by Gasteiger charge is -2.41. The molecule has 144 valence electrons. The minimum Gasteiger partial charge on any atom is -0.444 e. The van der Waals surface area contributed by atoms with Gasteiger partial charge in [0, 0.05) is 25.7 Å². The van der Waals surface area contributed by atoms with Gasteiger partial charge in [-0.15, -0.1) is 0 Å². The number of amides is 2. The van der Waals surface area contributed by atoms with Crippen molar-refractivity contribution < 1.29 is 14.3 Å². The summed E-state index contributed by atoms with van der Waals surface area (Å²) in [4.78, 5) is 31.0. The fourth-order valence-electron chi connectivity index (χ4n) is 3.22. The number of carbonyl (C=O) groups is 2. The van der Waals surface area contributed by atoms with Crippen LogP contribution in [0.25, 0.3) is 0 Å². The Morgan fingerprint density at radius 3 is 2.27 bits per heavy atom. The van der Waals surface area contributed by atoms with E-state index in [0.717, 1.165) is 5.56 Å². The second-order valence-electron chi connectivity index (χ2n) is 8.08. The Morgan fingerprint density at radius 1 is 1.15 bits per heavy atom. The first-order valence-corrected chi connectivity index (χ1v) is 9.10. The van der Waals surface area contributed by atoms with E-state index >= 15 is 0 Å². The molecule has 26 heavy (non-hydrogen) atoms. The van der Waals surface area contributed by atoms with Crippen LogP contribution in [0.4, 0.5) is 4.79 Å². The van der Waals surface area contributed by atoms with Gasteiger partial charge in [-0.05, 0) is 47.4 Å². The smallest absolute Gasteiger partial charge is 0.410 e. The van der Waals surface area contributed by atoms with Gasteiger partial charge in [0.15, 0.2) is 0 Å². The van der Waals surface area contributed by atoms with Gasteiger partial charge in [0.1, 0.15) is 11.6 Å². The standard InChI is InChI=1S/C20H31N3O3/c1-15-14-22(12-13-23(15)19(25)26-20(2,3)4)18(24)17(21(5)6)16-10-8-7-9-11-16/h7-11,15,17H,12-14H2,1-6H3/t15-,17?/m1/s1. The van der Waals surface area contributed by atoms with Crippen LogP contribution in [0.3, 0.4) is 0 Å². The van der Waals surface area contributed by atoms with E-state index in [-0.39, 0.29) is 24.1 Å². The average molecular weight is 361 g/mol. The van der Waals surface area contributed by atoms with Crippen molar-refractivity contribution in [1.29, 1.82) is 0 Å². The summed E-state index contributed by atoms with van der Waals surface area (Å²) >= 11 is 0. The van der Waals surface area contributed by atoms with Crippen LogP contribution in [0.2, 0.25) is 0 Å². The summed E-state index contributed by atoms with van der Waals surface area (Å²) in [6.07, 6.45) is -0.315. The molecule has 1 aliphatic rings. The summed E-state index contributed by atoms with van der Waals surface area (Å²) in [5.74, 6) is 0.0666. The molecule has 2 atom stereocenters. The molecular weight excluding hydrogens is 330 g/mol. The number of nitrogens with zero attached hydrogens (tertiary/aromatic N) is 3. The Labute approximate surface area is 156 Å². The molecule has 0 bridgehead atoms. The number of likely N-dealkylation sites (N-methyl/N-ethyl adjacent to an activating group) is 1. The highest BCUT2D eigenvalue weighted by Gasteiger charge is 2.35. The van der Waals surface area contributed by atoms with Gasteiger partial charge >= 0.3 is 6.09 Å². The van der Waals surface area contributed by atoms with E-state index in [1.54, 1.807) is 4.90 Å². The molecule has 0 radical (unpaired) electrons. The Balaban J connectivity index is 2.07.